The number of H-pyrrole nitrogens is 1. The summed E-state index contributed by atoms with van der Waals surface area (Å²) >= 11 is 0. The highest BCUT2D eigenvalue weighted by molar-refractivity contribution is 5.86. The van der Waals surface area contributed by atoms with Crippen molar-refractivity contribution in [1.82, 2.24) is 9.88 Å². The molecule has 5 heteroatoms. The van der Waals surface area contributed by atoms with Crippen molar-refractivity contribution in [1.29, 1.82) is 0 Å². The summed E-state index contributed by atoms with van der Waals surface area (Å²) in [7, 11) is 0. The van der Waals surface area contributed by atoms with E-state index in [0.717, 1.165) is 30.7 Å². The molecule has 1 saturated carbocycles. The van der Waals surface area contributed by atoms with Crippen molar-refractivity contribution < 1.29 is 14.9 Å². The molecule has 1 aromatic heterocycles. The number of aromatic amines is 1. The molecule has 0 spiro atoms. The van der Waals surface area contributed by atoms with E-state index < -0.39 is 0 Å². The van der Waals surface area contributed by atoms with Crippen molar-refractivity contribution in [2.24, 2.45) is 0 Å². The molecule has 0 bridgehead atoms. The predicted octanol–water partition coefficient (Wildman–Crippen LogP) is 4.61. The Labute approximate surface area is 190 Å². The third kappa shape index (κ3) is 4.91. The Morgan fingerprint density at radius 3 is 2.69 bits per heavy atom. The topological polar surface area (TPSA) is 68.7 Å². The number of aromatic nitrogens is 1. The number of nitrogens with zero attached hydrogens (tertiary/aromatic N) is 1. The van der Waals surface area contributed by atoms with Crippen LogP contribution >= 0.6 is 0 Å². The molecule has 1 saturated heterocycles. The van der Waals surface area contributed by atoms with Crippen LogP contribution in [0.3, 0.4) is 0 Å². The maximum absolute atomic E-state index is 9.90. The zero-order valence-electron chi connectivity index (χ0n) is 18.7. The molecule has 2 heterocycles. The Bertz CT molecular complexity index is 1040. The molecule has 1 aliphatic carbocycles. The third-order valence-corrected chi connectivity index (χ3v) is 7.12. The number of aliphatic hydroxyl groups is 2. The maximum Gasteiger partial charge on any atom is 0.0720 e. The van der Waals surface area contributed by atoms with Crippen LogP contribution in [0.5, 0.6) is 0 Å². The van der Waals surface area contributed by atoms with Gasteiger partial charge in [0.15, 0.2) is 0 Å². The van der Waals surface area contributed by atoms with Crippen molar-refractivity contribution in [3.05, 3.63) is 59.8 Å². The van der Waals surface area contributed by atoms with E-state index in [2.05, 4.69) is 58.4 Å². The fourth-order valence-electron chi connectivity index (χ4n) is 5.26. The number of hydrogen-bond donors (Lipinski definition) is 3. The first-order chi connectivity index (χ1) is 15.7. The summed E-state index contributed by atoms with van der Waals surface area (Å²) in [5.74, 6) is 0. The van der Waals surface area contributed by atoms with Gasteiger partial charge in [0.25, 0.3) is 0 Å². The second-order valence-corrected chi connectivity index (χ2v) is 9.50. The highest BCUT2D eigenvalue weighted by Crippen LogP contribution is 2.28. The Morgan fingerprint density at radius 2 is 1.84 bits per heavy atom. The number of aliphatic hydroxyl groups excluding tert-OH is 2. The lowest BCUT2D eigenvalue weighted by molar-refractivity contribution is 0.0124. The lowest BCUT2D eigenvalue weighted by Crippen LogP contribution is -2.45. The molecule has 2 atom stereocenters. The van der Waals surface area contributed by atoms with Crippen molar-refractivity contribution in [3.63, 3.8) is 0 Å². The molecule has 2 fully saturated rings. The van der Waals surface area contributed by atoms with Gasteiger partial charge in [-0.05, 0) is 66.6 Å². The van der Waals surface area contributed by atoms with Crippen LogP contribution in [-0.4, -0.2) is 51.5 Å². The molecule has 5 nitrogen and oxygen atoms in total. The van der Waals surface area contributed by atoms with E-state index in [4.69, 9.17) is 4.74 Å². The largest absolute Gasteiger partial charge is 0.395 e. The van der Waals surface area contributed by atoms with Gasteiger partial charge >= 0.3 is 0 Å². The van der Waals surface area contributed by atoms with E-state index in [0.29, 0.717) is 19.1 Å². The molecule has 0 unspecified atom stereocenters. The molecule has 2 aliphatic rings. The van der Waals surface area contributed by atoms with Crippen LogP contribution in [0, 0.1) is 0 Å². The number of rotatable bonds is 7. The molecule has 32 heavy (non-hydrogen) atoms. The Kier molecular flexibility index (Phi) is 6.60. The lowest BCUT2D eigenvalue weighted by atomic mass is 10.00. The van der Waals surface area contributed by atoms with Gasteiger partial charge in [-0.1, -0.05) is 37.1 Å². The number of hydrogen-bond acceptors (Lipinski definition) is 4. The first-order valence-corrected chi connectivity index (χ1v) is 12.0. The first kappa shape index (κ1) is 21.7. The molecular formula is C27H34N2O3. The van der Waals surface area contributed by atoms with E-state index in [1.165, 1.54) is 47.8 Å². The standard InChI is InChI=1S/C27H34N2O3/c30-17-24-15-25(31)10-11-29(24)16-23-14-22-13-21(8-9-27(22)28-23)20-5-3-4-19(12-20)18-32-26-6-1-2-7-26/h3-5,8-9,12-14,24-26,28,30-31H,1-2,6-7,10-11,15-18H2/t24-,25+/m1/s1. The minimum absolute atomic E-state index is 0.0231. The summed E-state index contributed by atoms with van der Waals surface area (Å²) in [6.07, 6.45) is 6.53. The van der Waals surface area contributed by atoms with Crippen LogP contribution < -0.4 is 0 Å². The maximum atomic E-state index is 9.90. The predicted molar refractivity (Wildman–Crippen MR) is 127 cm³/mol. The van der Waals surface area contributed by atoms with Crippen LogP contribution in [0.15, 0.2) is 48.5 Å². The van der Waals surface area contributed by atoms with Crippen molar-refractivity contribution in [2.45, 2.75) is 69.9 Å². The summed E-state index contributed by atoms with van der Waals surface area (Å²) in [5, 5.41) is 20.8. The van der Waals surface area contributed by atoms with Crippen LogP contribution in [0.4, 0.5) is 0 Å². The van der Waals surface area contributed by atoms with Gasteiger partial charge in [-0.2, -0.15) is 0 Å². The molecule has 170 valence electrons. The third-order valence-electron chi connectivity index (χ3n) is 7.12. The molecule has 2 aromatic carbocycles. The minimum Gasteiger partial charge on any atom is -0.395 e. The fraction of sp³-hybridized carbons (Fsp3) is 0.481. The number of likely N-dealkylation sites (tertiary alicyclic amines) is 1. The van der Waals surface area contributed by atoms with E-state index in [9.17, 15) is 10.2 Å². The van der Waals surface area contributed by atoms with E-state index in [1.807, 2.05) is 0 Å². The summed E-state index contributed by atoms with van der Waals surface area (Å²) < 4.78 is 6.11. The molecule has 0 amide bonds. The number of fused-ring (bicyclic) bond motifs is 1. The van der Waals surface area contributed by atoms with Crippen molar-refractivity contribution >= 4 is 10.9 Å². The molecule has 3 N–H and O–H groups in total. The van der Waals surface area contributed by atoms with E-state index >= 15 is 0 Å². The average Bonchev–Trinajstić information content (AvgIpc) is 3.48. The van der Waals surface area contributed by atoms with Crippen LogP contribution in [0.1, 0.15) is 49.8 Å². The van der Waals surface area contributed by atoms with Crippen LogP contribution in [0.25, 0.3) is 22.0 Å². The Hall–Kier alpha value is -2.18. The second kappa shape index (κ2) is 9.75. The number of benzene rings is 2. The summed E-state index contributed by atoms with van der Waals surface area (Å²) in [6, 6.07) is 17.5. The number of nitrogens with one attached hydrogen (secondary N) is 1. The molecule has 3 aromatic rings. The van der Waals surface area contributed by atoms with Gasteiger partial charge in [0.2, 0.25) is 0 Å². The van der Waals surface area contributed by atoms with E-state index in [1.54, 1.807) is 0 Å². The molecular weight excluding hydrogens is 400 g/mol. The number of piperidine rings is 1. The molecule has 1 aliphatic heterocycles. The highest BCUT2D eigenvalue weighted by Gasteiger charge is 2.27. The fourth-order valence-corrected chi connectivity index (χ4v) is 5.26. The van der Waals surface area contributed by atoms with E-state index in [-0.39, 0.29) is 18.8 Å². The van der Waals surface area contributed by atoms with Gasteiger partial charge in [0.1, 0.15) is 0 Å². The highest BCUT2D eigenvalue weighted by atomic mass is 16.5. The Morgan fingerprint density at radius 1 is 1.00 bits per heavy atom. The number of ether oxygens (including phenoxy) is 1. The summed E-state index contributed by atoms with van der Waals surface area (Å²) in [4.78, 5) is 5.80. The second-order valence-electron chi connectivity index (χ2n) is 9.50. The minimum atomic E-state index is -0.298. The average molecular weight is 435 g/mol. The van der Waals surface area contributed by atoms with Gasteiger partial charge < -0.3 is 19.9 Å². The van der Waals surface area contributed by atoms with Gasteiger partial charge in [0, 0.05) is 35.7 Å². The monoisotopic (exact) mass is 434 g/mol. The van der Waals surface area contributed by atoms with Crippen molar-refractivity contribution in [2.75, 3.05) is 13.2 Å². The quantitative estimate of drug-likeness (QED) is 0.508. The smallest absolute Gasteiger partial charge is 0.0720 e. The lowest BCUT2D eigenvalue weighted by Gasteiger charge is -2.36. The van der Waals surface area contributed by atoms with Gasteiger partial charge in [-0.3, -0.25) is 4.90 Å². The zero-order chi connectivity index (χ0) is 21.9. The van der Waals surface area contributed by atoms with Crippen LogP contribution in [0.2, 0.25) is 0 Å². The Balaban J connectivity index is 1.30. The first-order valence-electron chi connectivity index (χ1n) is 12.0. The normalized spacial score (nSPS) is 22.7. The summed E-state index contributed by atoms with van der Waals surface area (Å²) in [6.45, 7) is 2.34. The zero-order valence-corrected chi connectivity index (χ0v) is 18.7. The molecule has 5 rings (SSSR count). The van der Waals surface area contributed by atoms with Gasteiger partial charge in [-0.15, -0.1) is 0 Å². The summed E-state index contributed by atoms with van der Waals surface area (Å²) in [5.41, 5.74) is 5.92. The van der Waals surface area contributed by atoms with Crippen molar-refractivity contribution in [3.8, 4) is 11.1 Å². The molecule has 0 radical (unpaired) electrons. The van der Waals surface area contributed by atoms with Crippen LogP contribution in [-0.2, 0) is 17.9 Å². The SMILES string of the molecule is OC[C@H]1C[C@@H](O)CCN1Cc1cc2cc(-c3cccc(COC4CCCC4)c3)ccc2[nH]1. The van der Waals surface area contributed by atoms with Gasteiger partial charge in [-0.25, -0.2) is 0 Å². The van der Waals surface area contributed by atoms with Gasteiger partial charge in [0.05, 0.1) is 25.4 Å².